The molecule has 2 atom stereocenters. The molecule has 0 aliphatic carbocycles. The lowest BCUT2D eigenvalue weighted by molar-refractivity contribution is -0.122. The molecule has 9 nitrogen and oxygen atoms in total. The zero-order valence-corrected chi connectivity index (χ0v) is 18.8. The number of hydrogen-bond acceptors (Lipinski definition) is 6. The van der Waals surface area contributed by atoms with Crippen molar-refractivity contribution in [1.82, 2.24) is 20.8 Å². The first kappa shape index (κ1) is 22.3. The molecule has 2 amide bonds. The standard InChI is InChI=1S/C24H27N5O4/c1-25-12-19-17-9-16(32-3)5-7-22(17)33-13-20(19)24(31)29-21-6-4-14(15-10-27-28-11-15)8-18(21)23(30)26-2/h4-11,19-20,25H,12-13H2,1-3H3,(H,26,30)(H,27,28)(H,29,31). The highest BCUT2D eigenvalue weighted by Crippen LogP contribution is 2.39. The van der Waals surface area contributed by atoms with Crippen LogP contribution in [0.2, 0.25) is 0 Å². The molecule has 33 heavy (non-hydrogen) atoms. The first-order valence-electron chi connectivity index (χ1n) is 10.7. The van der Waals surface area contributed by atoms with Crippen LogP contribution in [0.25, 0.3) is 11.1 Å². The van der Waals surface area contributed by atoms with Crippen molar-refractivity contribution < 1.29 is 19.1 Å². The summed E-state index contributed by atoms with van der Waals surface area (Å²) in [5, 5.41) is 15.5. The molecule has 9 heteroatoms. The van der Waals surface area contributed by atoms with Crippen molar-refractivity contribution in [3.05, 3.63) is 59.9 Å². The van der Waals surface area contributed by atoms with Gasteiger partial charge in [-0.15, -0.1) is 0 Å². The lowest BCUT2D eigenvalue weighted by Crippen LogP contribution is -2.40. The highest BCUT2D eigenvalue weighted by atomic mass is 16.5. The number of benzene rings is 2. The summed E-state index contributed by atoms with van der Waals surface area (Å²) >= 11 is 0. The Morgan fingerprint density at radius 3 is 2.73 bits per heavy atom. The third-order valence-corrected chi connectivity index (χ3v) is 5.86. The molecule has 2 unspecified atom stereocenters. The second-order valence-electron chi connectivity index (χ2n) is 7.80. The van der Waals surface area contributed by atoms with Gasteiger partial charge in [-0.2, -0.15) is 5.10 Å². The first-order valence-corrected chi connectivity index (χ1v) is 10.7. The Hall–Kier alpha value is -3.85. The molecule has 0 spiro atoms. The van der Waals surface area contributed by atoms with Gasteiger partial charge in [-0.05, 0) is 42.9 Å². The number of amides is 2. The Morgan fingerprint density at radius 2 is 2.03 bits per heavy atom. The van der Waals surface area contributed by atoms with Crippen molar-refractivity contribution in [2.75, 3.05) is 39.7 Å². The van der Waals surface area contributed by atoms with Crippen molar-refractivity contribution in [3.63, 3.8) is 0 Å². The zero-order valence-electron chi connectivity index (χ0n) is 18.8. The van der Waals surface area contributed by atoms with E-state index >= 15 is 0 Å². The average molecular weight is 450 g/mol. The molecule has 3 aromatic rings. The molecule has 1 aliphatic rings. The number of H-pyrrole nitrogens is 1. The number of nitrogens with zero attached hydrogens (tertiary/aromatic N) is 1. The average Bonchev–Trinajstić information content (AvgIpc) is 3.39. The summed E-state index contributed by atoms with van der Waals surface area (Å²) in [5.41, 5.74) is 3.38. The minimum atomic E-state index is -0.455. The molecule has 0 saturated heterocycles. The quantitative estimate of drug-likeness (QED) is 0.440. The van der Waals surface area contributed by atoms with Crippen molar-refractivity contribution in [2.45, 2.75) is 5.92 Å². The topological polar surface area (TPSA) is 117 Å². The third kappa shape index (κ3) is 4.54. The van der Waals surface area contributed by atoms with E-state index in [1.165, 1.54) is 0 Å². The van der Waals surface area contributed by atoms with Crippen LogP contribution in [0.4, 0.5) is 5.69 Å². The van der Waals surface area contributed by atoms with E-state index in [4.69, 9.17) is 9.47 Å². The fourth-order valence-electron chi connectivity index (χ4n) is 4.11. The SMILES string of the molecule is CNCC1c2cc(OC)ccc2OCC1C(=O)Nc1ccc(-c2cn[nH]c2)cc1C(=O)NC. The Kier molecular flexibility index (Phi) is 6.60. The number of anilines is 1. The Bertz CT molecular complexity index is 1150. The number of rotatable bonds is 7. The lowest BCUT2D eigenvalue weighted by Gasteiger charge is -2.33. The van der Waals surface area contributed by atoms with Crippen molar-refractivity contribution >= 4 is 17.5 Å². The van der Waals surface area contributed by atoms with Gasteiger partial charge in [-0.3, -0.25) is 14.7 Å². The summed E-state index contributed by atoms with van der Waals surface area (Å²) in [4.78, 5) is 26.0. The number of likely N-dealkylation sites (N-methyl/N-ethyl adjacent to an activating group) is 1. The third-order valence-electron chi connectivity index (χ3n) is 5.86. The smallest absolute Gasteiger partial charge is 0.253 e. The van der Waals surface area contributed by atoms with Crippen LogP contribution in [0.1, 0.15) is 21.8 Å². The molecular formula is C24H27N5O4. The van der Waals surface area contributed by atoms with E-state index in [0.717, 1.165) is 22.4 Å². The Balaban J connectivity index is 1.63. The van der Waals surface area contributed by atoms with Crippen molar-refractivity contribution in [2.24, 2.45) is 5.92 Å². The Labute approximate surface area is 191 Å². The summed E-state index contributed by atoms with van der Waals surface area (Å²) in [6, 6.07) is 10.9. The van der Waals surface area contributed by atoms with Gasteiger partial charge in [0.15, 0.2) is 0 Å². The van der Waals surface area contributed by atoms with Crippen LogP contribution in [-0.4, -0.2) is 56.4 Å². The zero-order chi connectivity index (χ0) is 23.4. The van der Waals surface area contributed by atoms with E-state index < -0.39 is 5.92 Å². The minimum absolute atomic E-state index is 0.123. The minimum Gasteiger partial charge on any atom is -0.497 e. The number of aromatic nitrogens is 2. The molecule has 1 aliphatic heterocycles. The van der Waals surface area contributed by atoms with Crippen LogP contribution < -0.4 is 25.4 Å². The van der Waals surface area contributed by atoms with E-state index in [2.05, 4.69) is 26.1 Å². The molecule has 1 aromatic heterocycles. The number of carbonyl (C=O) groups is 2. The molecule has 4 N–H and O–H groups in total. The molecular weight excluding hydrogens is 422 g/mol. The van der Waals surface area contributed by atoms with Crippen LogP contribution in [0.15, 0.2) is 48.8 Å². The van der Waals surface area contributed by atoms with Gasteiger partial charge in [0, 0.05) is 36.8 Å². The van der Waals surface area contributed by atoms with E-state index in [1.54, 1.807) is 38.7 Å². The highest BCUT2D eigenvalue weighted by Gasteiger charge is 2.36. The van der Waals surface area contributed by atoms with Gasteiger partial charge in [-0.1, -0.05) is 6.07 Å². The van der Waals surface area contributed by atoms with Gasteiger partial charge in [0.05, 0.1) is 30.5 Å². The number of nitrogens with one attached hydrogen (secondary N) is 4. The van der Waals surface area contributed by atoms with E-state index in [9.17, 15) is 9.59 Å². The van der Waals surface area contributed by atoms with Gasteiger partial charge in [0.2, 0.25) is 5.91 Å². The number of fused-ring (bicyclic) bond motifs is 1. The van der Waals surface area contributed by atoms with Gasteiger partial charge in [0.25, 0.3) is 5.91 Å². The van der Waals surface area contributed by atoms with E-state index in [1.807, 2.05) is 31.3 Å². The van der Waals surface area contributed by atoms with Crippen LogP contribution in [0, 0.1) is 5.92 Å². The van der Waals surface area contributed by atoms with Crippen LogP contribution in [0.3, 0.4) is 0 Å². The summed E-state index contributed by atoms with van der Waals surface area (Å²) in [6.07, 6.45) is 3.42. The van der Waals surface area contributed by atoms with E-state index in [0.29, 0.717) is 23.5 Å². The molecule has 2 aromatic carbocycles. The maximum absolute atomic E-state index is 13.4. The predicted molar refractivity (Wildman–Crippen MR) is 125 cm³/mol. The van der Waals surface area contributed by atoms with Crippen LogP contribution >= 0.6 is 0 Å². The van der Waals surface area contributed by atoms with Gasteiger partial charge < -0.3 is 25.4 Å². The maximum Gasteiger partial charge on any atom is 0.253 e. The molecule has 0 saturated carbocycles. The second-order valence-corrected chi connectivity index (χ2v) is 7.80. The summed E-state index contributed by atoms with van der Waals surface area (Å²) in [5.74, 6) is 0.361. The first-order chi connectivity index (χ1) is 16.0. The molecule has 0 fully saturated rings. The van der Waals surface area contributed by atoms with Crippen LogP contribution in [-0.2, 0) is 4.79 Å². The van der Waals surface area contributed by atoms with Crippen LogP contribution in [0.5, 0.6) is 11.5 Å². The van der Waals surface area contributed by atoms with Crippen molar-refractivity contribution in [1.29, 1.82) is 0 Å². The number of methoxy groups -OCH3 is 1. The largest absolute Gasteiger partial charge is 0.497 e. The molecule has 172 valence electrons. The van der Waals surface area contributed by atoms with Gasteiger partial charge in [-0.25, -0.2) is 0 Å². The highest BCUT2D eigenvalue weighted by molar-refractivity contribution is 6.05. The second kappa shape index (κ2) is 9.74. The normalized spacial score (nSPS) is 16.9. The van der Waals surface area contributed by atoms with Crippen molar-refractivity contribution in [3.8, 4) is 22.6 Å². The maximum atomic E-state index is 13.4. The number of aromatic amines is 1. The molecule has 2 heterocycles. The fourth-order valence-corrected chi connectivity index (χ4v) is 4.11. The predicted octanol–water partition coefficient (Wildman–Crippen LogP) is 2.40. The fraction of sp³-hybridized carbons (Fsp3) is 0.292. The lowest BCUT2D eigenvalue weighted by atomic mass is 9.83. The summed E-state index contributed by atoms with van der Waals surface area (Å²) in [6.45, 7) is 0.823. The Morgan fingerprint density at radius 1 is 1.18 bits per heavy atom. The van der Waals surface area contributed by atoms with E-state index in [-0.39, 0.29) is 24.3 Å². The number of carbonyl (C=O) groups excluding carboxylic acids is 2. The number of ether oxygens (including phenoxy) is 2. The van der Waals surface area contributed by atoms with Gasteiger partial charge >= 0.3 is 0 Å². The molecule has 4 rings (SSSR count). The molecule has 0 bridgehead atoms. The number of hydrogen-bond donors (Lipinski definition) is 4. The van der Waals surface area contributed by atoms with Gasteiger partial charge in [0.1, 0.15) is 18.1 Å². The molecule has 0 radical (unpaired) electrons. The summed E-state index contributed by atoms with van der Waals surface area (Å²) < 4.78 is 11.3. The summed E-state index contributed by atoms with van der Waals surface area (Å²) in [7, 11) is 5.01. The monoisotopic (exact) mass is 449 g/mol.